The molecule has 0 bridgehead atoms. The number of hydrogen-bond acceptors (Lipinski definition) is 1. The van der Waals surface area contributed by atoms with Crippen LogP contribution < -0.4 is 0 Å². The van der Waals surface area contributed by atoms with E-state index >= 15 is 0 Å². The molecule has 0 saturated heterocycles. The Morgan fingerprint density at radius 3 is 2.29 bits per heavy atom. The molecule has 0 fully saturated rings. The summed E-state index contributed by atoms with van der Waals surface area (Å²) in [5, 5.41) is 7.90. The first-order chi connectivity index (χ1) is 11.5. The van der Waals surface area contributed by atoms with E-state index in [9.17, 15) is 13.2 Å². The van der Waals surface area contributed by atoms with Crippen LogP contribution in [0.5, 0.6) is 0 Å². The molecule has 1 rings (SSSR count). The molecule has 1 aliphatic carbocycles. The third-order valence-corrected chi connectivity index (χ3v) is 3.09. The fourth-order valence-electron chi connectivity index (χ4n) is 2.05. The molecule has 1 aliphatic rings. The summed E-state index contributed by atoms with van der Waals surface area (Å²) in [7, 11) is 0. The van der Waals surface area contributed by atoms with Crippen molar-refractivity contribution in [2.75, 3.05) is 13.3 Å². The highest BCUT2D eigenvalue weighted by atomic mass is 19.1. The average Bonchev–Trinajstić information content (AvgIpc) is 2.96. The van der Waals surface area contributed by atoms with Gasteiger partial charge < -0.3 is 5.41 Å². The molecule has 24 heavy (non-hydrogen) atoms. The van der Waals surface area contributed by atoms with E-state index in [-0.39, 0.29) is 12.5 Å². The van der Waals surface area contributed by atoms with E-state index in [1.54, 1.807) is 12.2 Å². The highest BCUT2D eigenvalue weighted by Crippen LogP contribution is 2.31. The molecule has 0 aromatic rings. The first-order valence-electron chi connectivity index (χ1n) is 7.58. The molecule has 132 valence electrons. The van der Waals surface area contributed by atoms with Crippen molar-refractivity contribution >= 4 is 5.71 Å². The summed E-state index contributed by atoms with van der Waals surface area (Å²) in [5.74, 6) is -0.383. The van der Waals surface area contributed by atoms with Crippen molar-refractivity contribution in [3.8, 4) is 12.8 Å². The Bertz CT molecular complexity index is 534. The van der Waals surface area contributed by atoms with Gasteiger partial charge in [0.25, 0.3) is 0 Å². The summed E-state index contributed by atoms with van der Waals surface area (Å²) in [4.78, 5) is 0. The van der Waals surface area contributed by atoms with Crippen molar-refractivity contribution in [1.82, 2.24) is 0 Å². The van der Waals surface area contributed by atoms with Gasteiger partial charge >= 0.3 is 0 Å². The normalized spacial score (nSPS) is 14.9. The maximum Gasteiger partial charge on any atom is 0.122 e. The second kappa shape index (κ2) is 15.6. The van der Waals surface area contributed by atoms with Crippen LogP contribution in [0, 0.1) is 18.3 Å². The van der Waals surface area contributed by atoms with E-state index in [4.69, 9.17) is 5.41 Å². The van der Waals surface area contributed by atoms with E-state index in [0.29, 0.717) is 18.6 Å². The Morgan fingerprint density at radius 1 is 1.21 bits per heavy atom. The monoisotopic (exact) mass is 337 g/mol. The molecule has 0 aromatic heterocycles. The van der Waals surface area contributed by atoms with Gasteiger partial charge in [0.1, 0.15) is 12.5 Å². The third kappa shape index (κ3) is 9.68. The van der Waals surface area contributed by atoms with Gasteiger partial charge in [-0.25, -0.2) is 8.78 Å². The number of rotatable bonds is 6. The molecule has 0 aromatic carbocycles. The van der Waals surface area contributed by atoms with E-state index in [1.807, 2.05) is 6.92 Å². The number of alkyl halides is 2. The predicted octanol–water partition coefficient (Wildman–Crippen LogP) is 6.22. The molecule has 0 amide bonds. The first-order valence-corrected chi connectivity index (χ1v) is 7.58. The molecule has 0 saturated carbocycles. The van der Waals surface area contributed by atoms with Crippen LogP contribution in [0.3, 0.4) is 0 Å². The molecule has 1 N–H and O–H groups in total. The lowest BCUT2D eigenvalue weighted by Crippen LogP contribution is -1.94. The highest BCUT2D eigenvalue weighted by Gasteiger charge is 2.19. The fourth-order valence-corrected chi connectivity index (χ4v) is 2.05. The van der Waals surface area contributed by atoms with Gasteiger partial charge in [0, 0.05) is 5.71 Å². The van der Waals surface area contributed by atoms with Gasteiger partial charge in [-0.05, 0) is 62.0 Å². The summed E-state index contributed by atoms with van der Waals surface area (Å²) in [6, 6.07) is 0. The molecule has 4 heteroatoms. The van der Waals surface area contributed by atoms with Crippen LogP contribution >= 0.6 is 0 Å². The summed E-state index contributed by atoms with van der Waals surface area (Å²) in [6.07, 6.45) is 17.5. The Kier molecular flexibility index (Phi) is 15.6. The quantitative estimate of drug-likeness (QED) is 0.338. The van der Waals surface area contributed by atoms with Crippen molar-refractivity contribution < 1.29 is 13.2 Å². The molecule has 0 radical (unpaired) electrons. The zero-order valence-electron chi connectivity index (χ0n) is 14.4. The van der Waals surface area contributed by atoms with Gasteiger partial charge in [-0.3, -0.25) is 4.39 Å². The first kappa shape index (κ1) is 24.0. The lowest BCUT2D eigenvalue weighted by Gasteiger charge is -2.05. The second-order valence-electron chi connectivity index (χ2n) is 4.64. The maximum atomic E-state index is 13.0. The van der Waals surface area contributed by atoms with Crippen LogP contribution in [-0.4, -0.2) is 19.1 Å². The van der Waals surface area contributed by atoms with Gasteiger partial charge in [0.05, 0.1) is 6.67 Å². The number of nitrogens with one attached hydrogen (secondary N) is 1. The molecule has 1 nitrogen and oxygen atoms in total. The van der Waals surface area contributed by atoms with Crippen molar-refractivity contribution in [3.63, 3.8) is 0 Å². The van der Waals surface area contributed by atoms with Crippen LogP contribution in [0.15, 0.2) is 59.5 Å². The van der Waals surface area contributed by atoms with Crippen molar-refractivity contribution in [2.24, 2.45) is 0 Å². The van der Waals surface area contributed by atoms with Crippen LogP contribution in [0.25, 0.3) is 0 Å². The molecule has 0 spiro atoms. The number of terminal acetylenes is 1. The predicted molar refractivity (Wildman–Crippen MR) is 98.4 cm³/mol. The summed E-state index contributed by atoms with van der Waals surface area (Å²) < 4.78 is 35.3. The smallest absolute Gasteiger partial charge is 0.122 e. The topological polar surface area (TPSA) is 23.9 Å². The Balaban J connectivity index is 0. The van der Waals surface area contributed by atoms with Crippen molar-refractivity contribution in [1.29, 1.82) is 5.41 Å². The lowest BCUT2D eigenvalue weighted by molar-refractivity contribution is 0.527. The Labute approximate surface area is 143 Å². The minimum atomic E-state index is -0.488. The van der Waals surface area contributed by atoms with Gasteiger partial charge in [0.2, 0.25) is 0 Å². The minimum Gasteiger partial charge on any atom is -0.305 e. The zero-order valence-corrected chi connectivity index (χ0v) is 14.4. The lowest BCUT2D eigenvalue weighted by atomic mass is 10.0. The third-order valence-electron chi connectivity index (χ3n) is 3.09. The van der Waals surface area contributed by atoms with Gasteiger partial charge in [-0.1, -0.05) is 24.8 Å². The van der Waals surface area contributed by atoms with Crippen LogP contribution in [0.4, 0.5) is 13.2 Å². The van der Waals surface area contributed by atoms with E-state index < -0.39 is 6.67 Å². The molecular formula is C20H26F3N. The van der Waals surface area contributed by atoms with E-state index in [0.717, 1.165) is 29.2 Å². The summed E-state index contributed by atoms with van der Waals surface area (Å²) in [5.41, 5.74) is 3.55. The fraction of sp³-hybridized carbons (Fsp3) is 0.350. The van der Waals surface area contributed by atoms with Gasteiger partial charge in [-0.2, -0.15) is 0 Å². The van der Waals surface area contributed by atoms with Crippen LogP contribution in [-0.2, 0) is 0 Å². The van der Waals surface area contributed by atoms with Crippen molar-refractivity contribution in [3.05, 3.63) is 59.5 Å². The Morgan fingerprint density at radius 2 is 1.79 bits per heavy atom. The van der Waals surface area contributed by atoms with E-state index in [2.05, 4.69) is 19.4 Å². The Hall–Kier alpha value is -2.28. The van der Waals surface area contributed by atoms with Crippen LogP contribution in [0.2, 0.25) is 0 Å². The van der Waals surface area contributed by atoms with Gasteiger partial charge in [-0.15, -0.1) is 12.8 Å². The molecule has 0 aliphatic heterocycles. The molecule has 0 atom stereocenters. The second-order valence-corrected chi connectivity index (χ2v) is 4.64. The standard InChI is InChI=1S/C16H19F2N.C2H5F.C2H2/c1-3-13(18)8-7-12(2)14-9-10-16(19)15(14)6-4-5-11-17;1-2-3;1-2/h3-5,7-8,19H,1,6,9-11H2,2H3;2H2,1H3;1-2H/b5-4-,12-7+,13-8+,19-16?;;. The minimum absolute atomic E-state index is 0.250. The SMILES string of the molecule is C#C.C=C/C(F)=C\C=C(/C)C1=C(C/C=C\CF)C(=N)CC1.CCF. The number of allylic oxidation sites excluding steroid dienone is 9. The highest BCUT2D eigenvalue weighted by molar-refractivity contribution is 6.02. The van der Waals surface area contributed by atoms with Crippen molar-refractivity contribution in [2.45, 2.75) is 33.1 Å². The van der Waals surface area contributed by atoms with Crippen LogP contribution in [0.1, 0.15) is 33.1 Å². The maximum absolute atomic E-state index is 13.0. The average molecular weight is 337 g/mol. The molecule has 0 heterocycles. The van der Waals surface area contributed by atoms with E-state index in [1.165, 1.54) is 19.1 Å². The summed E-state index contributed by atoms with van der Waals surface area (Å²) >= 11 is 0. The summed E-state index contributed by atoms with van der Waals surface area (Å²) in [6.45, 7) is 5.97. The number of hydrogen-bond donors (Lipinski definition) is 1. The zero-order chi connectivity index (χ0) is 19.0. The van der Waals surface area contributed by atoms with Gasteiger partial charge in [0.15, 0.2) is 0 Å². The number of halogens is 3. The molecular weight excluding hydrogens is 311 g/mol. The molecule has 0 unspecified atom stereocenters. The largest absolute Gasteiger partial charge is 0.305 e.